The van der Waals surface area contributed by atoms with E-state index in [2.05, 4.69) is 15.1 Å². The van der Waals surface area contributed by atoms with Gasteiger partial charge < -0.3 is 14.4 Å². The molecule has 1 fully saturated rings. The molecule has 0 radical (unpaired) electrons. The Kier molecular flexibility index (Phi) is 4.51. The fourth-order valence-corrected chi connectivity index (χ4v) is 3.40. The van der Waals surface area contributed by atoms with Gasteiger partial charge in [-0.1, -0.05) is 5.16 Å². The van der Waals surface area contributed by atoms with E-state index in [0.29, 0.717) is 18.5 Å². The minimum absolute atomic E-state index is 0.0189. The Balaban J connectivity index is 1.70. The quantitative estimate of drug-likeness (QED) is 0.925. The van der Waals surface area contributed by atoms with Crippen LogP contribution in [0.1, 0.15) is 53.7 Å². The largest absolute Gasteiger partial charge is 0.359 e. The Labute approximate surface area is 140 Å². The number of aryl methyl sites for hydroxylation is 3. The van der Waals surface area contributed by atoms with Crippen LogP contribution in [0.2, 0.25) is 0 Å². The van der Waals surface area contributed by atoms with Crippen LogP contribution in [0.3, 0.4) is 0 Å². The van der Waals surface area contributed by atoms with Crippen molar-refractivity contribution < 1.29 is 9.32 Å². The number of likely N-dealkylation sites (tertiary alicyclic amines) is 1. The van der Waals surface area contributed by atoms with Crippen LogP contribution in [0.15, 0.2) is 15.4 Å². The summed E-state index contributed by atoms with van der Waals surface area (Å²) >= 11 is 0. The van der Waals surface area contributed by atoms with Crippen LogP contribution < -0.4 is 5.69 Å². The number of hydrogen-bond acceptors (Lipinski definition) is 5. The molecule has 7 heteroatoms. The fraction of sp³-hybridized carbons (Fsp3) is 0.529. The van der Waals surface area contributed by atoms with E-state index < -0.39 is 0 Å². The van der Waals surface area contributed by atoms with Crippen LogP contribution in [0.4, 0.5) is 0 Å². The molecule has 0 spiro atoms. The lowest BCUT2D eigenvalue weighted by Crippen LogP contribution is -2.30. The maximum atomic E-state index is 12.7. The third-order valence-corrected chi connectivity index (χ3v) is 4.59. The Morgan fingerprint density at radius 2 is 2.21 bits per heavy atom. The molecule has 2 aromatic heterocycles. The zero-order chi connectivity index (χ0) is 17.3. The number of hydrogen-bond donors (Lipinski definition) is 1. The summed E-state index contributed by atoms with van der Waals surface area (Å²) in [6, 6.07) is 1.88. The van der Waals surface area contributed by atoms with E-state index in [1.807, 2.05) is 24.8 Å². The topological polar surface area (TPSA) is 92.1 Å². The highest BCUT2D eigenvalue weighted by atomic mass is 16.5. The summed E-state index contributed by atoms with van der Waals surface area (Å²) < 4.78 is 5.35. The highest BCUT2D eigenvalue weighted by molar-refractivity contribution is 5.77. The van der Waals surface area contributed by atoms with E-state index in [9.17, 15) is 9.59 Å². The van der Waals surface area contributed by atoms with Gasteiger partial charge in [-0.2, -0.15) is 4.98 Å². The summed E-state index contributed by atoms with van der Waals surface area (Å²) in [6.45, 7) is 6.26. The van der Waals surface area contributed by atoms with Crippen molar-refractivity contribution in [2.24, 2.45) is 0 Å². The monoisotopic (exact) mass is 330 g/mol. The zero-order valence-electron chi connectivity index (χ0n) is 14.3. The molecule has 7 nitrogen and oxygen atoms in total. The highest BCUT2D eigenvalue weighted by Gasteiger charge is 2.32. The maximum Gasteiger partial charge on any atom is 0.345 e. The average molecular weight is 330 g/mol. The summed E-state index contributed by atoms with van der Waals surface area (Å²) in [6.07, 6.45) is 2.82. The summed E-state index contributed by atoms with van der Waals surface area (Å²) in [5, 5.41) is 3.93. The van der Waals surface area contributed by atoms with Gasteiger partial charge in [-0.3, -0.25) is 4.79 Å². The van der Waals surface area contributed by atoms with Crippen molar-refractivity contribution >= 4 is 5.91 Å². The first-order chi connectivity index (χ1) is 11.5. The molecule has 1 N–H and O–H groups in total. The van der Waals surface area contributed by atoms with Crippen molar-refractivity contribution in [2.75, 3.05) is 6.54 Å². The molecule has 1 aliphatic heterocycles. The van der Waals surface area contributed by atoms with Crippen LogP contribution in [0.5, 0.6) is 0 Å². The number of amides is 1. The number of aromatic nitrogens is 3. The van der Waals surface area contributed by atoms with E-state index in [1.165, 1.54) is 0 Å². The van der Waals surface area contributed by atoms with Gasteiger partial charge in [0.05, 0.1) is 11.7 Å². The van der Waals surface area contributed by atoms with Gasteiger partial charge >= 0.3 is 5.69 Å². The van der Waals surface area contributed by atoms with Crippen molar-refractivity contribution in [3.8, 4) is 0 Å². The molecule has 24 heavy (non-hydrogen) atoms. The van der Waals surface area contributed by atoms with E-state index in [1.54, 1.807) is 6.92 Å². The van der Waals surface area contributed by atoms with Gasteiger partial charge in [-0.25, -0.2) is 4.79 Å². The van der Waals surface area contributed by atoms with Gasteiger partial charge in [0.1, 0.15) is 0 Å². The van der Waals surface area contributed by atoms with Crippen LogP contribution in [0, 0.1) is 20.8 Å². The first-order valence-electron chi connectivity index (χ1n) is 8.25. The predicted molar refractivity (Wildman–Crippen MR) is 87.6 cm³/mol. The summed E-state index contributed by atoms with van der Waals surface area (Å²) in [5.74, 6) is 0.855. The van der Waals surface area contributed by atoms with E-state index >= 15 is 0 Å². The van der Waals surface area contributed by atoms with Crippen molar-refractivity contribution in [3.63, 3.8) is 0 Å². The molecule has 1 unspecified atom stereocenters. The lowest BCUT2D eigenvalue weighted by molar-refractivity contribution is -0.132. The van der Waals surface area contributed by atoms with E-state index in [0.717, 1.165) is 42.1 Å². The number of carbonyl (C=O) groups excluding carboxylic acids is 1. The number of rotatable bonds is 4. The fourth-order valence-electron chi connectivity index (χ4n) is 3.40. The Morgan fingerprint density at radius 1 is 1.42 bits per heavy atom. The molecule has 0 bridgehead atoms. The Morgan fingerprint density at radius 3 is 2.88 bits per heavy atom. The predicted octanol–water partition coefficient (Wildman–Crippen LogP) is 1.98. The normalized spacial score (nSPS) is 17.5. The molecular formula is C17H22N4O3. The molecule has 0 aromatic carbocycles. The summed E-state index contributed by atoms with van der Waals surface area (Å²) in [7, 11) is 0. The SMILES string of the molecule is Cc1cc(C2CCCN2C(=O)CCc2c(C)nc(=O)[nH]c2C)on1. The van der Waals surface area contributed by atoms with Crippen molar-refractivity contribution in [2.45, 2.75) is 52.5 Å². The molecular weight excluding hydrogens is 308 g/mol. The lowest BCUT2D eigenvalue weighted by atomic mass is 10.1. The van der Waals surface area contributed by atoms with Gasteiger partial charge in [-0.05, 0) is 45.6 Å². The number of H-pyrrole nitrogens is 1. The Bertz CT molecular complexity index is 782. The Hall–Kier alpha value is -2.44. The minimum atomic E-state index is -0.347. The smallest absolute Gasteiger partial charge is 0.345 e. The van der Waals surface area contributed by atoms with Gasteiger partial charge in [0, 0.05) is 30.4 Å². The molecule has 3 heterocycles. The molecule has 0 saturated carbocycles. The molecule has 1 aliphatic rings. The van der Waals surface area contributed by atoms with Gasteiger partial charge in [0.2, 0.25) is 5.91 Å². The average Bonchev–Trinajstić information content (AvgIpc) is 3.14. The third-order valence-electron chi connectivity index (χ3n) is 4.59. The van der Waals surface area contributed by atoms with Gasteiger partial charge in [-0.15, -0.1) is 0 Å². The highest BCUT2D eigenvalue weighted by Crippen LogP contribution is 2.32. The van der Waals surface area contributed by atoms with Crippen LogP contribution >= 0.6 is 0 Å². The van der Waals surface area contributed by atoms with Crippen LogP contribution in [-0.2, 0) is 11.2 Å². The zero-order valence-corrected chi connectivity index (χ0v) is 14.3. The summed E-state index contributed by atoms with van der Waals surface area (Å²) in [5.41, 5.74) is 2.89. The third kappa shape index (κ3) is 3.25. The van der Waals surface area contributed by atoms with E-state index in [4.69, 9.17) is 4.52 Å². The van der Waals surface area contributed by atoms with Gasteiger partial charge in [0.25, 0.3) is 0 Å². The summed E-state index contributed by atoms with van der Waals surface area (Å²) in [4.78, 5) is 32.5. The standard InChI is InChI=1S/C17H22N4O3/c1-10-9-15(24-20-10)14-5-4-8-21(14)16(22)7-6-13-11(2)18-17(23)19-12(13)3/h9,14H,4-8H2,1-3H3,(H,18,19,23). The van der Waals surface area contributed by atoms with Crippen LogP contribution in [0.25, 0.3) is 0 Å². The lowest BCUT2D eigenvalue weighted by Gasteiger charge is -2.23. The molecule has 1 amide bonds. The van der Waals surface area contributed by atoms with Crippen molar-refractivity contribution in [3.05, 3.63) is 45.0 Å². The number of nitrogens with zero attached hydrogens (tertiary/aromatic N) is 3. The van der Waals surface area contributed by atoms with Crippen molar-refractivity contribution in [1.82, 2.24) is 20.0 Å². The molecule has 128 valence electrons. The number of aromatic amines is 1. The molecule has 0 aliphatic carbocycles. The molecule has 2 aromatic rings. The number of nitrogens with one attached hydrogen (secondary N) is 1. The first kappa shape index (κ1) is 16.4. The molecule has 1 saturated heterocycles. The second kappa shape index (κ2) is 6.59. The minimum Gasteiger partial charge on any atom is -0.359 e. The van der Waals surface area contributed by atoms with E-state index in [-0.39, 0.29) is 17.6 Å². The van der Waals surface area contributed by atoms with Crippen molar-refractivity contribution in [1.29, 1.82) is 0 Å². The maximum absolute atomic E-state index is 12.7. The number of carbonyl (C=O) groups is 1. The van der Waals surface area contributed by atoms with Crippen LogP contribution in [-0.4, -0.2) is 32.5 Å². The molecule has 1 atom stereocenters. The molecule has 3 rings (SSSR count). The second-order valence-electron chi connectivity index (χ2n) is 6.35. The first-order valence-corrected chi connectivity index (χ1v) is 8.25. The van der Waals surface area contributed by atoms with Gasteiger partial charge in [0.15, 0.2) is 5.76 Å². The second-order valence-corrected chi connectivity index (χ2v) is 6.35.